The quantitative estimate of drug-likeness (QED) is 0.321. The van der Waals surface area contributed by atoms with E-state index in [0.29, 0.717) is 19.3 Å². The maximum Gasteiger partial charge on any atom is 0.129 e. The predicted molar refractivity (Wildman–Crippen MR) is 108 cm³/mol. The Bertz CT molecular complexity index is 486. The smallest absolute Gasteiger partial charge is 0.129 e. The number of hydrogen-bond acceptors (Lipinski definition) is 4. The average molecular weight is 365 g/mol. The molecule has 0 radical (unpaired) electrons. The number of hydrogen-bond donors (Lipinski definition) is 3. The largest absolute Gasteiger partial charge is 0.390 e. The van der Waals surface area contributed by atoms with Crippen molar-refractivity contribution in [1.29, 1.82) is 0 Å². The number of aliphatic hydroxyl groups is 3. The molecular formula is C22H36O4. The van der Waals surface area contributed by atoms with E-state index in [9.17, 15) is 20.1 Å². The molecule has 0 aromatic heterocycles. The number of carbonyl (C=O) groups excluding carboxylic acids is 1. The van der Waals surface area contributed by atoms with Crippen LogP contribution in [0.2, 0.25) is 0 Å². The van der Waals surface area contributed by atoms with Gasteiger partial charge in [-0.05, 0) is 33.1 Å². The van der Waals surface area contributed by atoms with Crippen molar-refractivity contribution in [3.63, 3.8) is 0 Å². The zero-order valence-corrected chi connectivity index (χ0v) is 16.5. The highest BCUT2D eigenvalue weighted by Crippen LogP contribution is 2.15. The fourth-order valence-corrected chi connectivity index (χ4v) is 2.37. The molecule has 4 heteroatoms. The minimum atomic E-state index is -0.936. The van der Waals surface area contributed by atoms with Gasteiger partial charge in [0.05, 0.1) is 17.8 Å². The Labute approximate surface area is 158 Å². The van der Waals surface area contributed by atoms with Gasteiger partial charge in [-0.25, -0.2) is 0 Å². The zero-order chi connectivity index (χ0) is 19.8. The zero-order valence-electron chi connectivity index (χ0n) is 16.5. The number of allylic oxidation sites excluding steroid dienone is 6. The maximum atomic E-state index is 10.8. The molecule has 148 valence electrons. The standard InChI is InChI=1S/C22H36O4/c1-4-5-11-17-22(3,26)18-12-9-7-6-8-10-15-20(24)21(25)16-13-14-19(2)23/h6-10,12,15,18,20-21,24-26H,4-5,11,13-14,16-17H2,1-3H3/b8-6+,9-7+,15-10+,18-12+. The number of carbonyl (C=O) groups is 1. The lowest BCUT2D eigenvalue weighted by Crippen LogP contribution is -2.23. The monoisotopic (exact) mass is 364 g/mol. The summed E-state index contributed by atoms with van der Waals surface area (Å²) in [7, 11) is 0. The Hall–Kier alpha value is -1.49. The SMILES string of the molecule is CCCCCC(C)(O)/C=C/C=C/C=C/C=C/C(O)C(O)CCCC(C)=O. The second-order valence-corrected chi connectivity index (χ2v) is 6.98. The number of rotatable bonds is 14. The molecule has 0 aliphatic carbocycles. The van der Waals surface area contributed by atoms with Crippen molar-refractivity contribution in [1.82, 2.24) is 0 Å². The third-order valence-corrected chi connectivity index (χ3v) is 4.03. The van der Waals surface area contributed by atoms with Gasteiger partial charge in [0.1, 0.15) is 5.78 Å². The predicted octanol–water partition coefficient (Wildman–Crippen LogP) is 4.02. The summed E-state index contributed by atoms with van der Waals surface area (Å²) in [5, 5.41) is 29.7. The third-order valence-electron chi connectivity index (χ3n) is 4.03. The molecule has 0 aliphatic rings. The van der Waals surface area contributed by atoms with Gasteiger partial charge in [-0.1, -0.05) is 74.8 Å². The molecule has 0 saturated heterocycles. The van der Waals surface area contributed by atoms with Crippen LogP contribution in [0.15, 0.2) is 48.6 Å². The van der Waals surface area contributed by atoms with Crippen LogP contribution in [-0.2, 0) is 4.79 Å². The number of Topliss-reactive ketones (excluding diaryl/α,β-unsaturated/α-hetero) is 1. The van der Waals surface area contributed by atoms with Gasteiger partial charge >= 0.3 is 0 Å². The topological polar surface area (TPSA) is 77.8 Å². The normalized spacial score (nSPS) is 17.5. The summed E-state index contributed by atoms with van der Waals surface area (Å²) >= 11 is 0. The highest BCUT2D eigenvalue weighted by molar-refractivity contribution is 5.75. The van der Waals surface area contributed by atoms with E-state index in [0.717, 1.165) is 25.7 Å². The molecule has 0 saturated carbocycles. The van der Waals surface area contributed by atoms with E-state index in [1.54, 1.807) is 18.2 Å². The first-order chi connectivity index (χ1) is 12.3. The van der Waals surface area contributed by atoms with Gasteiger partial charge in [-0.2, -0.15) is 0 Å². The van der Waals surface area contributed by atoms with Gasteiger partial charge in [0.25, 0.3) is 0 Å². The summed E-state index contributed by atoms with van der Waals surface area (Å²) < 4.78 is 0. The van der Waals surface area contributed by atoms with Crippen LogP contribution >= 0.6 is 0 Å². The van der Waals surface area contributed by atoms with Crippen molar-refractivity contribution >= 4 is 5.78 Å². The summed E-state index contributed by atoms with van der Waals surface area (Å²) in [5.74, 6) is 0.0912. The molecule has 0 rings (SSSR count). The molecule has 0 aromatic rings. The van der Waals surface area contributed by atoms with E-state index < -0.39 is 17.8 Å². The molecule has 0 amide bonds. The molecule has 0 fully saturated rings. The summed E-state index contributed by atoms with van der Waals surface area (Å²) in [5.41, 5.74) is -0.772. The van der Waals surface area contributed by atoms with Crippen molar-refractivity contribution in [3.8, 4) is 0 Å². The number of aliphatic hydroxyl groups excluding tert-OH is 2. The van der Waals surface area contributed by atoms with Crippen LogP contribution in [0.25, 0.3) is 0 Å². The molecule has 0 aliphatic heterocycles. The van der Waals surface area contributed by atoms with Crippen LogP contribution in [0.4, 0.5) is 0 Å². The Balaban J connectivity index is 4.12. The molecule has 3 atom stereocenters. The first-order valence-corrected chi connectivity index (χ1v) is 9.56. The highest BCUT2D eigenvalue weighted by atomic mass is 16.3. The van der Waals surface area contributed by atoms with E-state index in [2.05, 4.69) is 6.92 Å². The molecule has 0 aromatic carbocycles. The Morgan fingerprint density at radius 3 is 2.23 bits per heavy atom. The Kier molecular flexibility index (Phi) is 13.8. The third kappa shape index (κ3) is 14.8. The lowest BCUT2D eigenvalue weighted by atomic mass is 9.98. The van der Waals surface area contributed by atoms with E-state index in [-0.39, 0.29) is 5.78 Å². The summed E-state index contributed by atoms with van der Waals surface area (Å²) in [6.07, 6.45) is 17.7. The van der Waals surface area contributed by atoms with Crippen molar-refractivity contribution in [3.05, 3.63) is 48.6 Å². The number of ketones is 1. The van der Waals surface area contributed by atoms with Gasteiger partial charge in [0, 0.05) is 6.42 Å². The summed E-state index contributed by atoms with van der Waals surface area (Å²) in [6.45, 7) is 5.47. The van der Waals surface area contributed by atoms with Crippen LogP contribution in [0.1, 0.15) is 65.7 Å². The summed E-state index contributed by atoms with van der Waals surface area (Å²) in [6, 6.07) is 0. The molecule has 0 bridgehead atoms. The Morgan fingerprint density at radius 1 is 1.00 bits per heavy atom. The van der Waals surface area contributed by atoms with Crippen LogP contribution in [-0.4, -0.2) is 38.9 Å². The maximum absolute atomic E-state index is 10.8. The van der Waals surface area contributed by atoms with Gasteiger partial charge in [0.15, 0.2) is 0 Å². The minimum Gasteiger partial charge on any atom is -0.390 e. The van der Waals surface area contributed by atoms with Crippen molar-refractivity contribution in [2.24, 2.45) is 0 Å². The van der Waals surface area contributed by atoms with Crippen LogP contribution in [0, 0.1) is 0 Å². The van der Waals surface area contributed by atoms with Gasteiger partial charge in [0.2, 0.25) is 0 Å². The van der Waals surface area contributed by atoms with Crippen molar-refractivity contribution < 1.29 is 20.1 Å². The first-order valence-electron chi connectivity index (χ1n) is 9.56. The van der Waals surface area contributed by atoms with Crippen molar-refractivity contribution in [2.75, 3.05) is 0 Å². The van der Waals surface area contributed by atoms with Gasteiger partial charge in [-0.15, -0.1) is 0 Å². The van der Waals surface area contributed by atoms with E-state index in [1.807, 2.05) is 31.2 Å². The fourth-order valence-electron chi connectivity index (χ4n) is 2.37. The molecule has 3 N–H and O–H groups in total. The van der Waals surface area contributed by atoms with Gasteiger partial charge < -0.3 is 20.1 Å². The molecule has 26 heavy (non-hydrogen) atoms. The molecule has 3 unspecified atom stereocenters. The van der Waals surface area contributed by atoms with E-state index in [1.165, 1.54) is 13.0 Å². The second-order valence-electron chi connectivity index (χ2n) is 6.98. The molecule has 4 nitrogen and oxygen atoms in total. The van der Waals surface area contributed by atoms with Crippen LogP contribution in [0.5, 0.6) is 0 Å². The summed E-state index contributed by atoms with van der Waals surface area (Å²) in [4.78, 5) is 10.8. The molecular weight excluding hydrogens is 328 g/mol. The lowest BCUT2D eigenvalue weighted by Gasteiger charge is -2.18. The molecule has 0 heterocycles. The minimum absolute atomic E-state index is 0.0912. The van der Waals surface area contributed by atoms with Crippen molar-refractivity contribution in [2.45, 2.75) is 83.5 Å². The lowest BCUT2D eigenvalue weighted by molar-refractivity contribution is -0.117. The number of unbranched alkanes of at least 4 members (excludes halogenated alkanes) is 2. The second kappa shape index (κ2) is 14.7. The average Bonchev–Trinajstić information content (AvgIpc) is 2.56. The first kappa shape index (κ1) is 24.5. The van der Waals surface area contributed by atoms with Crippen LogP contribution < -0.4 is 0 Å². The highest BCUT2D eigenvalue weighted by Gasteiger charge is 2.14. The van der Waals surface area contributed by atoms with E-state index >= 15 is 0 Å². The Morgan fingerprint density at radius 2 is 1.62 bits per heavy atom. The molecule has 0 spiro atoms. The van der Waals surface area contributed by atoms with E-state index in [4.69, 9.17) is 0 Å². The fraction of sp³-hybridized carbons (Fsp3) is 0.591. The van der Waals surface area contributed by atoms with Crippen LogP contribution in [0.3, 0.4) is 0 Å². The van der Waals surface area contributed by atoms with Gasteiger partial charge in [-0.3, -0.25) is 0 Å².